The quantitative estimate of drug-likeness (QED) is 0.105. The lowest BCUT2D eigenvalue weighted by Gasteiger charge is -2.14. The van der Waals surface area contributed by atoms with E-state index >= 15 is 0 Å². The predicted molar refractivity (Wildman–Crippen MR) is 138 cm³/mol. The standard InChI is InChI=1S/C27H52O4S/c1-4-7-9-10-11-12-13-14-15-16-17-18-21-30-26(28)20-22-32-24-27(29)31-23-25(6-3)19-8-5-2/h25H,4-24H2,1-3H3. The van der Waals surface area contributed by atoms with Gasteiger partial charge in [0.2, 0.25) is 0 Å². The molecule has 190 valence electrons. The van der Waals surface area contributed by atoms with Gasteiger partial charge in [0.15, 0.2) is 0 Å². The molecule has 0 amide bonds. The van der Waals surface area contributed by atoms with Crippen LogP contribution in [-0.4, -0.2) is 36.7 Å². The maximum Gasteiger partial charge on any atom is 0.315 e. The summed E-state index contributed by atoms with van der Waals surface area (Å²) in [6.07, 6.45) is 20.5. The fourth-order valence-electron chi connectivity index (χ4n) is 3.66. The van der Waals surface area contributed by atoms with Gasteiger partial charge < -0.3 is 9.47 Å². The van der Waals surface area contributed by atoms with Gasteiger partial charge in [-0.25, -0.2) is 0 Å². The molecular formula is C27H52O4S. The van der Waals surface area contributed by atoms with E-state index in [1.807, 2.05) is 0 Å². The van der Waals surface area contributed by atoms with Crippen LogP contribution in [0.3, 0.4) is 0 Å². The van der Waals surface area contributed by atoms with Gasteiger partial charge in [0.25, 0.3) is 0 Å². The van der Waals surface area contributed by atoms with E-state index < -0.39 is 0 Å². The van der Waals surface area contributed by atoms with Gasteiger partial charge in [0, 0.05) is 5.75 Å². The zero-order valence-electron chi connectivity index (χ0n) is 21.5. The van der Waals surface area contributed by atoms with Crippen LogP contribution in [0.1, 0.15) is 130 Å². The lowest BCUT2D eigenvalue weighted by molar-refractivity contribution is -0.143. The van der Waals surface area contributed by atoms with E-state index in [0.717, 1.165) is 25.7 Å². The molecule has 32 heavy (non-hydrogen) atoms. The lowest BCUT2D eigenvalue weighted by atomic mass is 10.0. The predicted octanol–water partition coefficient (Wildman–Crippen LogP) is 8.11. The molecule has 0 spiro atoms. The molecule has 0 aliphatic rings. The summed E-state index contributed by atoms with van der Waals surface area (Å²) in [5.41, 5.74) is 0. The zero-order valence-corrected chi connectivity index (χ0v) is 22.3. The molecule has 0 aromatic heterocycles. The van der Waals surface area contributed by atoms with Gasteiger partial charge in [-0.3, -0.25) is 9.59 Å². The molecule has 0 aliphatic carbocycles. The molecule has 0 aliphatic heterocycles. The van der Waals surface area contributed by atoms with Crippen LogP contribution in [0.2, 0.25) is 0 Å². The van der Waals surface area contributed by atoms with Crippen LogP contribution in [0.4, 0.5) is 0 Å². The molecular weight excluding hydrogens is 420 g/mol. The molecule has 0 aromatic rings. The molecule has 0 bridgehead atoms. The van der Waals surface area contributed by atoms with E-state index in [9.17, 15) is 9.59 Å². The number of rotatable bonds is 24. The Labute approximate surface area is 203 Å². The maximum atomic E-state index is 11.8. The normalized spacial score (nSPS) is 12.0. The van der Waals surface area contributed by atoms with Crippen molar-refractivity contribution in [3.8, 4) is 0 Å². The first-order valence-corrected chi connectivity index (χ1v) is 14.7. The Bertz CT molecular complexity index is 428. The highest BCUT2D eigenvalue weighted by atomic mass is 32.2. The van der Waals surface area contributed by atoms with Crippen LogP contribution >= 0.6 is 11.8 Å². The van der Waals surface area contributed by atoms with Gasteiger partial charge >= 0.3 is 11.9 Å². The lowest BCUT2D eigenvalue weighted by Crippen LogP contribution is -2.15. The number of hydrogen-bond donors (Lipinski definition) is 0. The molecule has 0 aromatic carbocycles. The molecule has 0 fully saturated rings. The highest BCUT2D eigenvalue weighted by molar-refractivity contribution is 7.99. The highest BCUT2D eigenvalue weighted by Gasteiger charge is 2.11. The molecule has 0 heterocycles. The fourth-order valence-corrected chi connectivity index (χ4v) is 4.37. The second-order valence-electron chi connectivity index (χ2n) is 9.01. The van der Waals surface area contributed by atoms with E-state index in [4.69, 9.17) is 9.47 Å². The molecule has 0 rings (SSSR count). The minimum Gasteiger partial charge on any atom is -0.466 e. The van der Waals surface area contributed by atoms with Crippen molar-refractivity contribution in [1.82, 2.24) is 0 Å². The van der Waals surface area contributed by atoms with E-state index in [1.54, 1.807) is 0 Å². The summed E-state index contributed by atoms with van der Waals surface area (Å²) < 4.78 is 10.7. The van der Waals surface area contributed by atoms with Crippen LogP contribution in [0.5, 0.6) is 0 Å². The topological polar surface area (TPSA) is 52.6 Å². The first kappa shape index (κ1) is 31.3. The minimum atomic E-state index is -0.171. The van der Waals surface area contributed by atoms with E-state index in [0.29, 0.717) is 37.1 Å². The van der Waals surface area contributed by atoms with Gasteiger partial charge in [-0.2, -0.15) is 0 Å². The average Bonchev–Trinajstić information content (AvgIpc) is 2.80. The number of unbranched alkanes of at least 4 members (excludes halogenated alkanes) is 12. The summed E-state index contributed by atoms with van der Waals surface area (Å²) in [6.45, 7) is 7.64. The van der Waals surface area contributed by atoms with E-state index in [1.165, 1.54) is 88.8 Å². The molecule has 1 unspecified atom stereocenters. The number of ether oxygens (including phenoxy) is 2. The summed E-state index contributed by atoms with van der Waals surface area (Å²) in [5.74, 6) is 1.07. The van der Waals surface area contributed by atoms with E-state index in [-0.39, 0.29) is 11.9 Å². The van der Waals surface area contributed by atoms with Crippen molar-refractivity contribution in [2.75, 3.05) is 24.7 Å². The third-order valence-corrected chi connectivity index (χ3v) is 6.89. The number of carbonyl (C=O) groups excluding carboxylic acids is 2. The van der Waals surface area contributed by atoms with Crippen LogP contribution in [0.15, 0.2) is 0 Å². The van der Waals surface area contributed by atoms with Gasteiger partial charge in [-0.1, -0.05) is 111 Å². The summed E-state index contributed by atoms with van der Waals surface area (Å²) in [7, 11) is 0. The third kappa shape index (κ3) is 22.5. The van der Waals surface area contributed by atoms with Crippen LogP contribution in [0, 0.1) is 5.92 Å². The molecule has 4 nitrogen and oxygen atoms in total. The largest absolute Gasteiger partial charge is 0.466 e. The summed E-state index contributed by atoms with van der Waals surface area (Å²) in [4.78, 5) is 23.6. The summed E-state index contributed by atoms with van der Waals surface area (Å²) in [5, 5.41) is 0. The Morgan fingerprint density at radius 2 is 1.25 bits per heavy atom. The molecule has 5 heteroatoms. The first-order valence-electron chi connectivity index (χ1n) is 13.5. The van der Waals surface area contributed by atoms with Crippen molar-refractivity contribution < 1.29 is 19.1 Å². The van der Waals surface area contributed by atoms with Gasteiger partial charge in [0.1, 0.15) is 0 Å². The Morgan fingerprint density at radius 3 is 1.81 bits per heavy atom. The molecule has 0 saturated heterocycles. The zero-order chi connectivity index (χ0) is 23.7. The van der Waals surface area contributed by atoms with Gasteiger partial charge in [-0.15, -0.1) is 11.8 Å². The first-order chi connectivity index (χ1) is 15.6. The Morgan fingerprint density at radius 1 is 0.688 bits per heavy atom. The second-order valence-corrected chi connectivity index (χ2v) is 10.1. The second kappa shape index (κ2) is 24.9. The fraction of sp³-hybridized carbons (Fsp3) is 0.926. The molecule has 0 saturated carbocycles. The number of carbonyl (C=O) groups is 2. The van der Waals surface area contributed by atoms with Crippen molar-refractivity contribution >= 4 is 23.7 Å². The van der Waals surface area contributed by atoms with Gasteiger partial charge in [-0.05, 0) is 18.8 Å². The van der Waals surface area contributed by atoms with Crippen LogP contribution < -0.4 is 0 Å². The van der Waals surface area contributed by atoms with Crippen molar-refractivity contribution in [2.24, 2.45) is 5.92 Å². The smallest absolute Gasteiger partial charge is 0.315 e. The summed E-state index contributed by atoms with van der Waals surface area (Å²) >= 11 is 1.45. The van der Waals surface area contributed by atoms with Crippen molar-refractivity contribution in [1.29, 1.82) is 0 Å². The molecule has 0 radical (unpaired) electrons. The van der Waals surface area contributed by atoms with E-state index in [2.05, 4.69) is 20.8 Å². The van der Waals surface area contributed by atoms with Crippen LogP contribution in [-0.2, 0) is 19.1 Å². The molecule has 1 atom stereocenters. The Kier molecular flexibility index (Phi) is 24.4. The van der Waals surface area contributed by atoms with Crippen molar-refractivity contribution in [3.63, 3.8) is 0 Å². The Balaban J connectivity index is 3.40. The van der Waals surface area contributed by atoms with Crippen molar-refractivity contribution in [3.05, 3.63) is 0 Å². The molecule has 0 N–H and O–H groups in total. The number of hydrogen-bond acceptors (Lipinski definition) is 5. The number of esters is 2. The summed E-state index contributed by atoms with van der Waals surface area (Å²) in [6, 6.07) is 0. The SMILES string of the molecule is CCCCCCCCCCCCCCOC(=O)CCSCC(=O)OCC(CC)CCCC. The third-order valence-electron chi connectivity index (χ3n) is 5.95. The Hall–Kier alpha value is -0.710. The minimum absolute atomic E-state index is 0.153. The highest BCUT2D eigenvalue weighted by Crippen LogP contribution is 2.14. The van der Waals surface area contributed by atoms with Gasteiger partial charge in [0.05, 0.1) is 25.4 Å². The number of thioether (sulfide) groups is 1. The van der Waals surface area contributed by atoms with Crippen LogP contribution in [0.25, 0.3) is 0 Å². The monoisotopic (exact) mass is 472 g/mol. The maximum absolute atomic E-state index is 11.8. The van der Waals surface area contributed by atoms with Crippen molar-refractivity contribution in [2.45, 2.75) is 130 Å². The average molecular weight is 473 g/mol.